The zero-order valence-corrected chi connectivity index (χ0v) is 31.0. The zero-order chi connectivity index (χ0) is 40.2. The highest BCUT2D eigenvalue weighted by Gasteiger charge is 2.67. The van der Waals surface area contributed by atoms with Crippen LogP contribution in [0, 0.1) is 24.5 Å². The summed E-state index contributed by atoms with van der Waals surface area (Å²) in [6, 6.07) is 8.75. The summed E-state index contributed by atoms with van der Waals surface area (Å²) in [6.07, 6.45) is -2.70. The van der Waals surface area contributed by atoms with Gasteiger partial charge in [-0.3, -0.25) is 28.2 Å². The molecule has 3 heterocycles. The first kappa shape index (κ1) is 37.5. The van der Waals surface area contributed by atoms with E-state index in [0.717, 1.165) is 23.0 Å². The highest BCUT2D eigenvalue weighted by atomic mass is 35.5. The van der Waals surface area contributed by atoms with Crippen molar-refractivity contribution in [1.29, 1.82) is 0 Å². The molecule has 0 saturated heterocycles. The molecule has 0 unspecified atom stereocenters. The summed E-state index contributed by atoms with van der Waals surface area (Å²) in [4.78, 5) is 33.4. The zero-order valence-electron chi connectivity index (χ0n) is 29.4. The number of anilines is 1. The molecule has 20 heteroatoms. The lowest BCUT2D eigenvalue weighted by Gasteiger charge is -2.24. The van der Waals surface area contributed by atoms with E-state index < -0.39 is 87.7 Å². The van der Waals surface area contributed by atoms with Crippen molar-refractivity contribution in [3.05, 3.63) is 109 Å². The Balaban J connectivity index is 1.32. The summed E-state index contributed by atoms with van der Waals surface area (Å²) in [5.74, 6) is -8.84. The largest absolute Gasteiger partial charge is 0.344 e. The van der Waals surface area contributed by atoms with E-state index in [0.29, 0.717) is 16.3 Å². The minimum Gasteiger partial charge on any atom is -0.344 e. The lowest BCUT2D eigenvalue weighted by atomic mass is 10.0. The maximum atomic E-state index is 15.4. The van der Waals surface area contributed by atoms with Gasteiger partial charge < -0.3 is 5.32 Å². The molecule has 2 aliphatic carbocycles. The van der Waals surface area contributed by atoms with Crippen LogP contribution in [0.4, 0.5) is 32.2 Å². The molecule has 1 saturated carbocycles. The number of carbonyl (C=O) groups excluding carboxylic acids is 1. The van der Waals surface area contributed by atoms with Gasteiger partial charge in [-0.25, -0.2) is 31.0 Å². The molecule has 2 aliphatic rings. The van der Waals surface area contributed by atoms with E-state index in [1.54, 1.807) is 19.1 Å². The smallest absolute Gasteiger partial charge is 0.293 e. The van der Waals surface area contributed by atoms with Gasteiger partial charge in [0, 0.05) is 31.0 Å². The van der Waals surface area contributed by atoms with E-state index in [-0.39, 0.29) is 61.7 Å². The third kappa shape index (κ3) is 6.25. The molecule has 1 amide bonds. The van der Waals surface area contributed by atoms with Crippen molar-refractivity contribution in [3.63, 3.8) is 0 Å². The van der Waals surface area contributed by atoms with Gasteiger partial charge in [0.05, 0.1) is 44.8 Å². The minimum atomic E-state index is -3.88. The Morgan fingerprint density at radius 2 is 1.80 bits per heavy atom. The van der Waals surface area contributed by atoms with Gasteiger partial charge in [-0.1, -0.05) is 23.7 Å². The van der Waals surface area contributed by atoms with Gasteiger partial charge in [-0.2, -0.15) is 19.0 Å². The quantitative estimate of drug-likeness (QED) is 0.154. The number of para-hydroxylation sites is 1. The molecule has 0 spiro atoms. The average molecular weight is 819 g/mol. The van der Waals surface area contributed by atoms with Crippen LogP contribution in [0.1, 0.15) is 58.7 Å². The number of carbonyl (C=O) groups is 1. The summed E-state index contributed by atoms with van der Waals surface area (Å²) in [5.41, 5.74) is -1.68. The Bertz CT molecular complexity index is 2800. The number of benzene rings is 3. The summed E-state index contributed by atoms with van der Waals surface area (Å²) in [7, 11) is -2.42. The van der Waals surface area contributed by atoms with Gasteiger partial charge in [0.1, 0.15) is 35.4 Å². The highest BCUT2D eigenvalue weighted by molar-refractivity contribution is 7.92. The van der Waals surface area contributed by atoms with Crippen LogP contribution in [0.2, 0.25) is 5.02 Å². The van der Waals surface area contributed by atoms with E-state index in [4.69, 9.17) is 16.6 Å². The molecular formula is C36H29ClF6N8O4S. The van der Waals surface area contributed by atoms with Crippen LogP contribution in [-0.4, -0.2) is 49.7 Å². The number of nitrogens with one attached hydrogen (secondary N) is 2. The van der Waals surface area contributed by atoms with Crippen molar-refractivity contribution in [3.8, 4) is 5.69 Å². The van der Waals surface area contributed by atoms with Crippen molar-refractivity contribution in [1.82, 2.24) is 34.4 Å². The van der Waals surface area contributed by atoms with E-state index in [2.05, 4.69) is 20.2 Å². The number of aryl methyl sites for hydroxylation is 2. The van der Waals surface area contributed by atoms with Gasteiger partial charge in [0.25, 0.3) is 17.9 Å². The maximum absolute atomic E-state index is 15.4. The van der Waals surface area contributed by atoms with Crippen molar-refractivity contribution in [2.75, 3.05) is 11.0 Å². The van der Waals surface area contributed by atoms with E-state index in [1.165, 1.54) is 29.9 Å². The van der Waals surface area contributed by atoms with E-state index >= 15 is 8.78 Å². The summed E-state index contributed by atoms with van der Waals surface area (Å²) >= 11 is 6.57. The first-order chi connectivity index (χ1) is 26.3. The molecular weight excluding hydrogens is 790 g/mol. The minimum absolute atomic E-state index is 0.00788. The number of fused-ring (bicyclic) bond motifs is 5. The van der Waals surface area contributed by atoms with Gasteiger partial charge >= 0.3 is 0 Å². The van der Waals surface area contributed by atoms with E-state index in [1.807, 2.05) is 0 Å². The van der Waals surface area contributed by atoms with Crippen LogP contribution in [0.3, 0.4) is 0 Å². The molecule has 3 aromatic carbocycles. The summed E-state index contributed by atoms with van der Waals surface area (Å²) in [5, 5.41) is 10.9. The Kier molecular flexibility index (Phi) is 8.75. The number of sulfonamides is 1. The van der Waals surface area contributed by atoms with Gasteiger partial charge in [0.2, 0.25) is 15.9 Å². The summed E-state index contributed by atoms with van der Waals surface area (Å²) < 4.78 is 118. The van der Waals surface area contributed by atoms with Crippen LogP contribution in [0.25, 0.3) is 27.5 Å². The fourth-order valence-electron chi connectivity index (χ4n) is 7.75. The van der Waals surface area contributed by atoms with Crippen LogP contribution < -0.4 is 15.6 Å². The topological polar surface area (TPSA) is 146 Å². The van der Waals surface area contributed by atoms with Gasteiger partial charge in [-0.05, 0) is 60.7 Å². The molecule has 1 fully saturated rings. The van der Waals surface area contributed by atoms with Crippen molar-refractivity contribution < 1.29 is 39.6 Å². The lowest BCUT2D eigenvalue weighted by Crippen LogP contribution is -2.38. The molecule has 6 aromatic rings. The normalized spacial score (nSPS) is 17.7. The molecule has 3 atom stereocenters. The number of hydrogen-bond acceptors (Lipinski definition) is 7. The number of alkyl halides is 4. The SMILES string of the molecule is Cc1cccc2c(=O)n(-c3ccc(Cl)c4c(NS(C)(=O)=O)nn(C)c34)c([C@H](Cc3cc(F)cc(F)c3)NC(=O)Cn3nc(C(F)F)c4c3C(F)(F)[C@@H]3C[C@H]43)nc12. The molecule has 0 bridgehead atoms. The second-order valence-electron chi connectivity index (χ2n) is 14.0. The number of nitrogens with zero attached hydrogens (tertiary/aromatic N) is 6. The predicted molar refractivity (Wildman–Crippen MR) is 193 cm³/mol. The number of rotatable bonds is 10. The second-order valence-corrected chi connectivity index (χ2v) is 16.2. The number of aromatic nitrogens is 6. The number of halogens is 7. The lowest BCUT2D eigenvalue weighted by molar-refractivity contribution is -0.123. The van der Waals surface area contributed by atoms with Gasteiger partial charge in [0.15, 0.2) is 5.82 Å². The predicted octanol–water partition coefficient (Wildman–Crippen LogP) is 6.33. The van der Waals surface area contributed by atoms with E-state index in [9.17, 15) is 35.6 Å². The molecule has 0 radical (unpaired) electrons. The first-order valence-corrected chi connectivity index (χ1v) is 19.3. The molecule has 292 valence electrons. The molecule has 2 N–H and O–H groups in total. The second kappa shape index (κ2) is 13.1. The van der Waals surface area contributed by atoms with Crippen LogP contribution in [0.5, 0.6) is 0 Å². The maximum Gasteiger partial charge on any atom is 0.293 e. The Hall–Kier alpha value is -5.43. The monoisotopic (exact) mass is 818 g/mol. The third-order valence-corrected chi connectivity index (χ3v) is 10.9. The molecule has 56 heavy (non-hydrogen) atoms. The fourth-order valence-corrected chi connectivity index (χ4v) is 8.48. The number of hydrogen-bond donors (Lipinski definition) is 2. The van der Waals surface area contributed by atoms with Crippen LogP contribution >= 0.6 is 11.6 Å². The van der Waals surface area contributed by atoms with Crippen molar-refractivity contribution in [2.24, 2.45) is 13.0 Å². The van der Waals surface area contributed by atoms with Gasteiger partial charge in [-0.15, -0.1) is 0 Å². The third-order valence-electron chi connectivity index (χ3n) is 10.0. The Labute approximate surface area is 318 Å². The Morgan fingerprint density at radius 1 is 1.09 bits per heavy atom. The molecule has 3 aromatic heterocycles. The average Bonchev–Trinajstić information content (AvgIpc) is 3.63. The fraction of sp³-hybridized carbons (Fsp3) is 0.306. The van der Waals surface area contributed by atoms with Crippen LogP contribution in [0.15, 0.2) is 53.3 Å². The highest BCUT2D eigenvalue weighted by Crippen LogP contribution is 2.68. The molecule has 0 aliphatic heterocycles. The van der Waals surface area contributed by atoms with Crippen LogP contribution in [-0.2, 0) is 40.8 Å². The molecule has 12 nitrogen and oxygen atoms in total. The standard InChI is InChI=1S/C36H29ClF6N8O4S/c1-15-5-4-6-19-28(15)45-34(51(35(19)53)24-8-7-22(37)27-30(24)49(2)47-33(27)48-56(3,54)55)23(11-16-9-17(38)12-18(39)10-16)44-25(52)14-50-31-26(29(46-50)32(40)41)20-13-21(20)36(31,42)43/h4-10,12,20-21,23,32H,11,13-14H2,1-3H3,(H,44,52)(H,47,48)/t20-,21+,23-/m0/s1. The Morgan fingerprint density at radius 3 is 2.48 bits per heavy atom. The first-order valence-electron chi connectivity index (χ1n) is 17.0. The number of amides is 1. The van der Waals surface area contributed by atoms with Crippen molar-refractivity contribution in [2.45, 2.75) is 50.6 Å². The summed E-state index contributed by atoms with van der Waals surface area (Å²) in [6.45, 7) is 0.717. The van der Waals surface area contributed by atoms with Crippen molar-refractivity contribution >= 4 is 55.2 Å². The molecule has 8 rings (SSSR count).